The van der Waals surface area contributed by atoms with Gasteiger partial charge in [-0.15, -0.1) is 0 Å². The molecule has 1 amide bonds. The molecule has 0 fully saturated rings. The fourth-order valence-electron chi connectivity index (χ4n) is 4.02. The number of amides is 1. The van der Waals surface area contributed by atoms with Gasteiger partial charge in [-0.25, -0.2) is 23.0 Å². The van der Waals surface area contributed by atoms with E-state index in [2.05, 4.69) is 15.0 Å². The van der Waals surface area contributed by atoms with Crippen molar-refractivity contribution in [2.45, 2.75) is 30.6 Å². The number of carbonyl (C=O) groups excluding carboxylic acids is 3. The molecule has 0 saturated heterocycles. The minimum atomic E-state index is -3.80. The van der Waals surface area contributed by atoms with E-state index in [-0.39, 0.29) is 87.1 Å². The zero-order valence-electron chi connectivity index (χ0n) is 29.6. The maximum atomic E-state index is 12.4. The van der Waals surface area contributed by atoms with Crippen molar-refractivity contribution in [3.63, 3.8) is 0 Å². The topological polar surface area (TPSA) is 243 Å². The number of sulfonamides is 1. The number of anilines is 1. The predicted octanol–water partition coefficient (Wildman–Crippen LogP) is 2.61. The molecular weight excluding hydrogens is 730 g/mol. The van der Waals surface area contributed by atoms with Gasteiger partial charge < -0.3 is 39.2 Å². The number of rotatable bonds is 27. The quantitative estimate of drug-likeness (QED) is 0.0814. The number of benzene rings is 2. The SMILES string of the molecule is O=C(O)COCCOCCCC(=O)COCCOCCCC(=O)CNC(=O)c1ccc(NS(=O)(=O)c2ccccc2)nc1.O=C(O)COc1ccccc1. The third kappa shape index (κ3) is 21.3. The molecule has 0 saturated carbocycles. The molecule has 294 valence electrons. The second-order valence-electron chi connectivity index (χ2n) is 11.0. The van der Waals surface area contributed by atoms with Crippen molar-refractivity contribution < 1.29 is 66.3 Å². The van der Waals surface area contributed by atoms with Crippen molar-refractivity contribution in [1.29, 1.82) is 0 Å². The molecule has 2 aromatic carbocycles. The summed E-state index contributed by atoms with van der Waals surface area (Å²) < 4.78 is 52.7. The number of carbonyl (C=O) groups is 5. The maximum absolute atomic E-state index is 12.4. The van der Waals surface area contributed by atoms with Crippen molar-refractivity contribution in [1.82, 2.24) is 10.3 Å². The highest BCUT2D eigenvalue weighted by Gasteiger charge is 2.15. The Hall–Kier alpha value is -5.27. The monoisotopic (exact) mass is 775 g/mol. The number of nitrogens with one attached hydrogen (secondary N) is 2. The molecule has 0 aliphatic carbocycles. The molecule has 0 spiro atoms. The number of carboxylic acid groups (broad SMARTS) is 2. The van der Waals surface area contributed by atoms with Crippen LogP contribution >= 0.6 is 0 Å². The number of carboxylic acids is 2. The van der Waals surface area contributed by atoms with E-state index < -0.39 is 27.9 Å². The number of para-hydroxylation sites is 1. The standard InChI is InChI=1S/C28H37N3O11S.C8H8O3/c32-23(6-4-12-39-14-16-41-20-24(33)7-5-13-40-15-17-42-21-27(34)35)19-30-28(36)22-10-11-26(29-18-22)31-43(37,38)25-8-2-1-3-9-25;9-8(10)6-11-7-4-2-1-3-5-7/h1-3,8-11,18H,4-7,12-17,19-21H2,(H,29,31)(H,30,36)(H,34,35);1-5H,6H2,(H,9,10). The maximum Gasteiger partial charge on any atom is 0.341 e. The smallest absolute Gasteiger partial charge is 0.341 e. The minimum Gasteiger partial charge on any atom is -0.482 e. The van der Waals surface area contributed by atoms with Gasteiger partial charge in [0.15, 0.2) is 18.2 Å². The second-order valence-corrected chi connectivity index (χ2v) is 12.7. The summed E-state index contributed by atoms with van der Waals surface area (Å²) in [5.74, 6) is -2.15. The summed E-state index contributed by atoms with van der Waals surface area (Å²) >= 11 is 0. The highest BCUT2D eigenvalue weighted by Crippen LogP contribution is 2.14. The lowest BCUT2D eigenvalue weighted by molar-refractivity contribution is -0.143. The Balaban J connectivity index is 0.000000780. The number of nitrogens with zero attached hydrogens (tertiary/aromatic N) is 1. The van der Waals surface area contributed by atoms with Crippen LogP contribution < -0.4 is 14.8 Å². The third-order valence-electron chi connectivity index (χ3n) is 6.59. The van der Waals surface area contributed by atoms with Gasteiger partial charge in [-0.05, 0) is 49.2 Å². The number of aliphatic carboxylic acids is 2. The number of pyridine rings is 1. The van der Waals surface area contributed by atoms with Gasteiger partial charge in [-0.3, -0.25) is 19.1 Å². The zero-order valence-corrected chi connectivity index (χ0v) is 30.4. The Morgan fingerprint density at radius 3 is 1.76 bits per heavy atom. The summed E-state index contributed by atoms with van der Waals surface area (Å²) in [6, 6.07) is 19.4. The van der Waals surface area contributed by atoms with E-state index in [1.54, 1.807) is 42.5 Å². The molecule has 3 aromatic rings. The molecule has 1 heterocycles. The molecule has 4 N–H and O–H groups in total. The summed E-state index contributed by atoms with van der Waals surface area (Å²) in [6.45, 7) is 0.737. The number of hydrogen-bond donors (Lipinski definition) is 4. The average Bonchev–Trinajstić information content (AvgIpc) is 3.16. The van der Waals surface area contributed by atoms with Gasteiger partial charge in [0.25, 0.3) is 15.9 Å². The molecule has 1 aromatic heterocycles. The molecule has 0 aliphatic heterocycles. The summed E-state index contributed by atoms with van der Waals surface area (Å²) in [4.78, 5) is 60.5. The number of ether oxygens (including phenoxy) is 5. The molecule has 3 rings (SSSR count). The highest BCUT2D eigenvalue weighted by atomic mass is 32.2. The molecule has 0 atom stereocenters. The molecular formula is C36H45N3O14S. The Morgan fingerprint density at radius 2 is 1.19 bits per heavy atom. The van der Waals surface area contributed by atoms with E-state index in [0.29, 0.717) is 38.2 Å². The second kappa shape index (κ2) is 26.5. The van der Waals surface area contributed by atoms with E-state index in [4.69, 9.17) is 33.9 Å². The molecule has 0 bridgehead atoms. The van der Waals surface area contributed by atoms with Crippen LogP contribution in [0.15, 0.2) is 83.9 Å². The Kier molecular flexibility index (Phi) is 22.0. The lowest BCUT2D eigenvalue weighted by Gasteiger charge is -2.08. The van der Waals surface area contributed by atoms with Crippen LogP contribution in [0.5, 0.6) is 5.75 Å². The van der Waals surface area contributed by atoms with Crippen molar-refractivity contribution >= 4 is 45.3 Å². The largest absolute Gasteiger partial charge is 0.482 e. The van der Waals surface area contributed by atoms with Crippen LogP contribution in [0.3, 0.4) is 0 Å². The van der Waals surface area contributed by atoms with Gasteiger partial charge in [-0.2, -0.15) is 0 Å². The summed E-state index contributed by atoms with van der Waals surface area (Å²) in [7, 11) is -3.80. The van der Waals surface area contributed by atoms with Crippen LogP contribution in [0, 0.1) is 0 Å². The summed E-state index contributed by atoms with van der Waals surface area (Å²) in [5.41, 5.74) is 0.172. The Bertz CT molecular complexity index is 1680. The van der Waals surface area contributed by atoms with E-state index in [1.165, 1.54) is 30.5 Å². The number of hydrogen-bond acceptors (Lipinski definition) is 13. The van der Waals surface area contributed by atoms with Crippen molar-refractivity contribution in [2.24, 2.45) is 0 Å². The van der Waals surface area contributed by atoms with Crippen LogP contribution in [-0.2, 0) is 48.1 Å². The summed E-state index contributed by atoms with van der Waals surface area (Å²) in [5, 5.41) is 19.2. The lowest BCUT2D eigenvalue weighted by Crippen LogP contribution is -2.29. The predicted molar refractivity (Wildman–Crippen MR) is 193 cm³/mol. The molecule has 17 nitrogen and oxygen atoms in total. The van der Waals surface area contributed by atoms with Gasteiger partial charge in [0, 0.05) is 32.3 Å². The van der Waals surface area contributed by atoms with Gasteiger partial charge in [0.2, 0.25) is 0 Å². The van der Waals surface area contributed by atoms with Crippen LogP contribution in [0.1, 0.15) is 36.0 Å². The minimum absolute atomic E-state index is 0.0369. The third-order valence-corrected chi connectivity index (χ3v) is 7.96. The van der Waals surface area contributed by atoms with Gasteiger partial charge >= 0.3 is 11.9 Å². The zero-order chi connectivity index (χ0) is 39.4. The normalized spacial score (nSPS) is 10.7. The van der Waals surface area contributed by atoms with Crippen LogP contribution in [0.4, 0.5) is 5.82 Å². The van der Waals surface area contributed by atoms with Gasteiger partial charge in [0.1, 0.15) is 24.8 Å². The van der Waals surface area contributed by atoms with Gasteiger partial charge in [0.05, 0.1) is 43.4 Å². The first-order chi connectivity index (χ1) is 26.0. The molecule has 0 aliphatic rings. The lowest BCUT2D eigenvalue weighted by atomic mass is 10.2. The number of Topliss-reactive ketones (excluding diaryl/α,β-unsaturated/α-hetero) is 2. The van der Waals surface area contributed by atoms with Crippen LogP contribution in [-0.4, -0.2) is 119 Å². The average molecular weight is 776 g/mol. The Morgan fingerprint density at radius 1 is 0.630 bits per heavy atom. The van der Waals surface area contributed by atoms with Gasteiger partial charge in [-0.1, -0.05) is 36.4 Å². The number of aromatic nitrogens is 1. The van der Waals surface area contributed by atoms with Crippen molar-refractivity contribution in [2.75, 3.05) is 70.7 Å². The Labute approximate surface area is 313 Å². The number of ketones is 2. The fraction of sp³-hybridized carbons (Fsp3) is 0.389. The van der Waals surface area contributed by atoms with E-state index >= 15 is 0 Å². The molecule has 54 heavy (non-hydrogen) atoms. The first-order valence-corrected chi connectivity index (χ1v) is 18.2. The van der Waals surface area contributed by atoms with E-state index in [0.717, 1.165) is 0 Å². The molecule has 18 heteroatoms. The van der Waals surface area contributed by atoms with Crippen molar-refractivity contribution in [3.05, 3.63) is 84.6 Å². The fourth-order valence-corrected chi connectivity index (χ4v) is 5.05. The molecule has 0 radical (unpaired) electrons. The molecule has 0 unspecified atom stereocenters. The first kappa shape index (κ1) is 44.9. The van der Waals surface area contributed by atoms with Crippen LogP contribution in [0.25, 0.3) is 0 Å². The van der Waals surface area contributed by atoms with E-state index in [1.807, 2.05) is 6.07 Å². The summed E-state index contributed by atoms with van der Waals surface area (Å²) in [6.07, 6.45) is 2.69. The first-order valence-electron chi connectivity index (χ1n) is 16.7. The van der Waals surface area contributed by atoms with Crippen LogP contribution in [0.2, 0.25) is 0 Å². The van der Waals surface area contributed by atoms with E-state index in [9.17, 15) is 32.4 Å². The highest BCUT2D eigenvalue weighted by molar-refractivity contribution is 7.92. The van der Waals surface area contributed by atoms with Crippen molar-refractivity contribution in [3.8, 4) is 5.75 Å².